The van der Waals surface area contributed by atoms with Gasteiger partial charge in [0.2, 0.25) is 0 Å². The van der Waals surface area contributed by atoms with Crippen molar-refractivity contribution in [3.63, 3.8) is 0 Å². The van der Waals surface area contributed by atoms with Crippen molar-refractivity contribution < 1.29 is 4.74 Å². The van der Waals surface area contributed by atoms with E-state index in [1.54, 1.807) is 0 Å². The molecule has 0 unspecified atom stereocenters. The van der Waals surface area contributed by atoms with Gasteiger partial charge >= 0.3 is 0 Å². The monoisotopic (exact) mass is 140 g/mol. The second kappa shape index (κ2) is 5.10. The first-order valence-corrected chi connectivity index (χ1v) is 3.65. The lowest BCUT2D eigenvalue weighted by molar-refractivity contribution is 0.239. The molecule has 0 fully saturated rings. The van der Waals surface area contributed by atoms with Gasteiger partial charge in [0.15, 0.2) is 0 Å². The van der Waals surface area contributed by atoms with E-state index in [1.807, 2.05) is 39.8 Å². The van der Waals surface area contributed by atoms with Crippen LogP contribution in [0.3, 0.4) is 0 Å². The minimum absolute atomic E-state index is 0.741. The summed E-state index contributed by atoms with van der Waals surface area (Å²) in [6, 6.07) is 0. The summed E-state index contributed by atoms with van der Waals surface area (Å²) in [7, 11) is 0. The third-order valence-corrected chi connectivity index (χ3v) is 1.11. The fourth-order valence-corrected chi connectivity index (χ4v) is 0.666. The first-order valence-electron chi connectivity index (χ1n) is 3.65. The highest BCUT2D eigenvalue weighted by Crippen LogP contribution is 2.05. The molecule has 0 atom stereocenters. The third-order valence-electron chi connectivity index (χ3n) is 1.11. The Morgan fingerprint density at radius 1 is 1.40 bits per heavy atom. The van der Waals surface area contributed by atoms with Gasteiger partial charge in [-0.3, -0.25) is 0 Å². The molecule has 58 valence electrons. The van der Waals surface area contributed by atoms with Crippen LogP contribution in [0.1, 0.15) is 27.7 Å². The molecule has 0 bridgehead atoms. The minimum atomic E-state index is 0.741. The van der Waals surface area contributed by atoms with Crippen LogP contribution < -0.4 is 0 Å². The van der Waals surface area contributed by atoms with E-state index in [9.17, 15) is 0 Å². The highest BCUT2D eigenvalue weighted by Gasteiger charge is 1.91. The van der Waals surface area contributed by atoms with E-state index < -0.39 is 0 Å². The molecule has 1 nitrogen and oxygen atoms in total. The highest BCUT2D eigenvalue weighted by atomic mass is 16.5. The largest absolute Gasteiger partial charge is 0.494 e. The Labute approximate surface area is 63.4 Å². The molecule has 1 heteroatoms. The molecular weight excluding hydrogens is 124 g/mol. The van der Waals surface area contributed by atoms with Crippen molar-refractivity contribution in [2.24, 2.45) is 0 Å². The normalized spacial score (nSPS) is 10.0. The van der Waals surface area contributed by atoms with Crippen LogP contribution in [0.5, 0.6) is 0 Å². The van der Waals surface area contributed by atoms with E-state index in [0.717, 1.165) is 12.4 Å². The van der Waals surface area contributed by atoms with Crippen LogP contribution in [0.25, 0.3) is 0 Å². The summed E-state index contributed by atoms with van der Waals surface area (Å²) in [5, 5.41) is 0. The average molecular weight is 140 g/mol. The summed E-state index contributed by atoms with van der Waals surface area (Å²) in [5.41, 5.74) is 1.22. The number of hydrogen-bond acceptors (Lipinski definition) is 1. The highest BCUT2D eigenvalue weighted by molar-refractivity contribution is 5.16. The van der Waals surface area contributed by atoms with Gasteiger partial charge in [-0.2, -0.15) is 0 Å². The zero-order valence-corrected chi connectivity index (χ0v) is 7.27. The molecule has 10 heavy (non-hydrogen) atoms. The van der Waals surface area contributed by atoms with Crippen molar-refractivity contribution in [1.82, 2.24) is 0 Å². The molecule has 0 radical (unpaired) electrons. The molecule has 0 heterocycles. The molecule has 0 rings (SSSR count). The first kappa shape index (κ1) is 9.28. The molecule has 0 N–H and O–H groups in total. The topological polar surface area (TPSA) is 9.23 Å². The second-order valence-corrected chi connectivity index (χ2v) is 2.30. The molecule has 0 aromatic rings. The van der Waals surface area contributed by atoms with Crippen LogP contribution in [0.2, 0.25) is 0 Å². The average Bonchev–Trinajstić information content (AvgIpc) is 1.87. The van der Waals surface area contributed by atoms with E-state index in [2.05, 4.69) is 0 Å². The van der Waals surface area contributed by atoms with Crippen molar-refractivity contribution in [3.8, 4) is 0 Å². The Balaban J connectivity index is 4.13. The predicted octanol–water partition coefficient (Wildman–Crippen LogP) is 2.89. The zero-order chi connectivity index (χ0) is 7.98. The predicted molar refractivity (Wildman–Crippen MR) is 44.8 cm³/mol. The molecule has 0 amide bonds. The molecule has 0 aromatic carbocycles. The van der Waals surface area contributed by atoms with Crippen molar-refractivity contribution in [2.75, 3.05) is 6.61 Å². The van der Waals surface area contributed by atoms with E-state index in [0.29, 0.717) is 0 Å². The summed E-state index contributed by atoms with van der Waals surface area (Å²) in [6.07, 6.45) is 3.97. The van der Waals surface area contributed by atoms with Gasteiger partial charge in [0.05, 0.1) is 6.61 Å². The maximum Gasteiger partial charge on any atom is 0.117 e. The Kier molecular flexibility index (Phi) is 4.73. The van der Waals surface area contributed by atoms with Crippen LogP contribution in [-0.4, -0.2) is 6.61 Å². The van der Waals surface area contributed by atoms with Gasteiger partial charge in [0, 0.05) is 0 Å². The van der Waals surface area contributed by atoms with Crippen molar-refractivity contribution in [3.05, 3.63) is 23.5 Å². The molecule has 0 aromatic heterocycles. The van der Waals surface area contributed by atoms with Gasteiger partial charge in [0.1, 0.15) is 5.76 Å². The van der Waals surface area contributed by atoms with E-state index in [4.69, 9.17) is 4.74 Å². The number of ether oxygens (including phenoxy) is 1. The Morgan fingerprint density at radius 3 is 2.30 bits per heavy atom. The maximum atomic E-state index is 5.34. The van der Waals surface area contributed by atoms with Crippen LogP contribution in [0.15, 0.2) is 23.5 Å². The molecule has 0 saturated carbocycles. The number of rotatable bonds is 3. The molecule has 0 aliphatic carbocycles. The van der Waals surface area contributed by atoms with Gasteiger partial charge in [-0.1, -0.05) is 6.08 Å². The molecule has 0 spiro atoms. The lowest BCUT2D eigenvalue weighted by Crippen LogP contribution is -1.89. The summed E-state index contributed by atoms with van der Waals surface area (Å²) < 4.78 is 5.34. The third kappa shape index (κ3) is 3.33. The molecule has 0 saturated heterocycles. The summed E-state index contributed by atoms with van der Waals surface area (Å²) in [4.78, 5) is 0. The van der Waals surface area contributed by atoms with Crippen LogP contribution in [0, 0.1) is 0 Å². The smallest absolute Gasteiger partial charge is 0.117 e. The second-order valence-electron chi connectivity index (χ2n) is 2.30. The van der Waals surface area contributed by atoms with Crippen molar-refractivity contribution in [2.45, 2.75) is 27.7 Å². The molecular formula is C9H16O. The first-order chi connectivity index (χ1) is 4.72. The SMILES string of the molecule is C/C=C\C(OCC)=C(C)C. The van der Waals surface area contributed by atoms with Crippen LogP contribution in [0.4, 0.5) is 0 Å². The maximum absolute atomic E-state index is 5.34. The lowest BCUT2D eigenvalue weighted by atomic mass is 10.3. The Hall–Kier alpha value is -0.720. The summed E-state index contributed by atoms with van der Waals surface area (Å²) in [6.45, 7) is 8.81. The Morgan fingerprint density at radius 2 is 2.00 bits per heavy atom. The van der Waals surface area contributed by atoms with Gasteiger partial charge in [-0.05, 0) is 39.3 Å². The van der Waals surface area contributed by atoms with E-state index in [1.165, 1.54) is 5.57 Å². The van der Waals surface area contributed by atoms with Gasteiger partial charge in [-0.15, -0.1) is 0 Å². The standard InChI is InChI=1S/C9H16O/c1-5-7-9(8(3)4)10-6-2/h5,7H,6H2,1-4H3/b7-5-. The van der Waals surface area contributed by atoms with Crippen LogP contribution >= 0.6 is 0 Å². The molecule has 0 aliphatic heterocycles. The minimum Gasteiger partial charge on any atom is -0.494 e. The lowest BCUT2D eigenvalue weighted by Gasteiger charge is -2.04. The number of allylic oxidation sites excluding steroid dienone is 3. The zero-order valence-electron chi connectivity index (χ0n) is 7.27. The van der Waals surface area contributed by atoms with Crippen molar-refractivity contribution in [1.29, 1.82) is 0 Å². The van der Waals surface area contributed by atoms with E-state index in [-0.39, 0.29) is 0 Å². The van der Waals surface area contributed by atoms with Crippen molar-refractivity contribution >= 4 is 0 Å². The molecule has 0 aliphatic rings. The fraction of sp³-hybridized carbons (Fsp3) is 0.556. The summed E-state index contributed by atoms with van der Waals surface area (Å²) >= 11 is 0. The number of hydrogen-bond donors (Lipinski definition) is 0. The van der Waals surface area contributed by atoms with E-state index >= 15 is 0 Å². The Bertz CT molecular complexity index is 139. The summed E-state index contributed by atoms with van der Waals surface area (Å²) in [5.74, 6) is 0.991. The van der Waals surface area contributed by atoms with Gasteiger partial charge < -0.3 is 4.74 Å². The quantitative estimate of drug-likeness (QED) is 0.432. The van der Waals surface area contributed by atoms with Gasteiger partial charge in [0.25, 0.3) is 0 Å². The van der Waals surface area contributed by atoms with Crippen LogP contribution in [-0.2, 0) is 4.74 Å². The fourth-order valence-electron chi connectivity index (χ4n) is 0.666. The van der Waals surface area contributed by atoms with Gasteiger partial charge in [-0.25, -0.2) is 0 Å².